The summed E-state index contributed by atoms with van der Waals surface area (Å²) in [4.78, 5) is 37.4. The van der Waals surface area contributed by atoms with Crippen molar-refractivity contribution < 1.29 is 39.2 Å². The van der Waals surface area contributed by atoms with Gasteiger partial charge in [0, 0.05) is 31.6 Å². The minimum Gasteiger partial charge on any atom is -0.461 e. The number of hydrogen-bond acceptors (Lipinski definition) is 8. The van der Waals surface area contributed by atoms with Gasteiger partial charge in [0.2, 0.25) is 0 Å². The molecule has 3 aliphatic carbocycles. The SMILES string of the molecule is C=C1[C@H](O)CC[C@@]2(C)[C@H]1[C@@H](OC(C)=O)[C@@]1(C(C)(C)O)CC(=O)C(C)=C1[C@@H](O)[C@@H]2OC(C)=O. The third kappa shape index (κ3) is 3.35. The molecule has 0 spiro atoms. The highest BCUT2D eigenvalue weighted by atomic mass is 16.6. The highest BCUT2D eigenvalue weighted by Gasteiger charge is 2.70. The largest absolute Gasteiger partial charge is 0.461 e. The monoisotopic (exact) mass is 450 g/mol. The highest BCUT2D eigenvalue weighted by Crippen LogP contribution is 2.64. The van der Waals surface area contributed by atoms with Crippen molar-refractivity contribution in [3.8, 4) is 0 Å². The predicted molar refractivity (Wildman–Crippen MR) is 114 cm³/mol. The van der Waals surface area contributed by atoms with Crippen molar-refractivity contribution in [2.45, 2.75) is 90.8 Å². The fourth-order valence-corrected chi connectivity index (χ4v) is 6.40. The molecule has 178 valence electrons. The van der Waals surface area contributed by atoms with Gasteiger partial charge in [-0.3, -0.25) is 14.4 Å². The quantitative estimate of drug-likeness (QED) is 0.437. The number of carbonyl (C=O) groups excluding carboxylic acids is 3. The summed E-state index contributed by atoms with van der Waals surface area (Å²) in [6, 6.07) is 0. The molecule has 0 heterocycles. The lowest BCUT2D eigenvalue weighted by molar-refractivity contribution is -0.187. The van der Waals surface area contributed by atoms with Crippen molar-refractivity contribution in [3.63, 3.8) is 0 Å². The maximum Gasteiger partial charge on any atom is 0.303 e. The molecule has 0 aliphatic heterocycles. The summed E-state index contributed by atoms with van der Waals surface area (Å²) in [6.45, 7) is 12.9. The van der Waals surface area contributed by atoms with E-state index in [1.54, 1.807) is 13.8 Å². The Kier molecular flexibility index (Phi) is 5.98. The average molecular weight is 451 g/mol. The average Bonchev–Trinajstić information content (AvgIpc) is 2.90. The first-order chi connectivity index (χ1) is 14.6. The Morgan fingerprint density at radius 1 is 1.12 bits per heavy atom. The van der Waals surface area contributed by atoms with Crippen LogP contribution in [0.1, 0.15) is 60.8 Å². The molecule has 2 fully saturated rings. The van der Waals surface area contributed by atoms with Gasteiger partial charge in [-0.2, -0.15) is 0 Å². The van der Waals surface area contributed by atoms with Crippen LogP contribution in [0.15, 0.2) is 23.3 Å². The van der Waals surface area contributed by atoms with Gasteiger partial charge in [0.25, 0.3) is 0 Å². The molecule has 0 aromatic heterocycles. The molecular formula is C24H34O8. The molecule has 0 aromatic carbocycles. The maximum absolute atomic E-state index is 13.0. The van der Waals surface area contributed by atoms with Crippen LogP contribution >= 0.6 is 0 Å². The lowest BCUT2D eigenvalue weighted by Gasteiger charge is -2.53. The van der Waals surface area contributed by atoms with Gasteiger partial charge in [0.15, 0.2) is 5.78 Å². The number of ether oxygens (including phenoxy) is 2. The summed E-state index contributed by atoms with van der Waals surface area (Å²) in [7, 11) is 0. The third-order valence-corrected chi connectivity index (χ3v) is 7.94. The van der Waals surface area contributed by atoms with E-state index in [1.807, 2.05) is 0 Å². The van der Waals surface area contributed by atoms with E-state index in [-0.39, 0.29) is 23.4 Å². The van der Waals surface area contributed by atoms with Crippen LogP contribution in [0.5, 0.6) is 0 Å². The van der Waals surface area contributed by atoms with E-state index in [0.29, 0.717) is 18.4 Å². The lowest BCUT2D eigenvalue weighted by Crippen LogP contribution is -2.59. The molecule has 7 atom stereocenters. The second-order valence-corrected chi connectivity index (χ2v) is 10.3. The van der Waals surface area contributed by atoms with E-state index in [1.165, 1.54) is 27.7 Å². The zero-order chi connectivity index (χ0) is 24.4. The summed E-state index contributed by atoms with van der Waals surface area (Å²) >= 11 is 0. The zero-order valence-electron chi connectivity index (χ0n) is 19.6. The first-order valence-corrected chi connectivity index (χ1v) is 11.0. The van der Waals surface area contributed by atoms with E-state index in [2.05, 4.69) is 6.58 Å². The van der Waals surface area contributed by atoms with Crippen LogP contribution in [-0.4, -0.2) is 63.1 Å². The number of hydrogen-bond donors (Lipinski definition) is 3. The van der Waals surface area contributed by atoms with Crippen LogP contribution < -0.4 is 0 Å². The Labute approximate surface area is 188 Å². The Hall–Kier alpha value is -2.03. The number of rotatable bonds is 3. The summed E-state index contributed by atoms with van der Waals surface area (Å²) in [5.74, 6) is -2.35. The first kappa shape index (κ1) is 24.6. The molecule has 0 aromatic rings. The summed E-state index contributed by atoms with van der Waals surface area (Å²) < 4.78 is 11.5. The van der Waals surface area contributed by atoms with Crippen LogP contribution in [0.3, 0.4) is 0 Å². The van der Waals surface area contributed by atoms with Crippen LogP contribution in [0.2, 0.25) is 0 Å². The van der Waals surface area contributed by atoms with Crippen LogP contribution in [-0.2, 0) is 23.9 Å². The topological polar surface area (TPSA) is 130 Å². The van der Waals surface area contributed by atoms with Gasteiger partial charge in [-0.15, -0.1) is 0 Å². The van der Waals surface area contributed by atoms with E-state index >= 15 is 0 Å². The van der Waals surface area contributed by atoms with E-state index in [4.69, 9.17) is 9.47 Å². The van der Waals surface area contributed by atoms with Crippen molar-refractivity contribution in [3.05, 3.63) is 23.3 Å². The predicted octanol–water partition coefficient (Wildman–Crippen LogP) is 1.60. The van der Waals surface area contributed by atoms with Crippen molar-refractivity contribution in [2.75, 3.05) is 0 Å². The molecule has 3 aliphatic rings. The normalized spacial score (nSPS) is 39.8. The number of esters is 2. The summed E-state index contributed by atoms with van der Waals surface area (Å²) in [6.07, 6.45) is -4.11. The molecule has 0 saturated heterocycles. The standard InChI is InChI=1S/C24H34O8/c1-11-15(27)8-9-23(7)18(11)20(31-13(3)25)24(22(5,6)30)10-16(28)12(2)17(24)19(29)21(23)32-14(4)26/h15,18-21,27,29-30H,1,8-10H2,2-7H3/t15-,18-,19-,20-,21+,23+,24-/m1/s1. The minimum atomic E-state index is -1.62. The molecule has 0 bridgehead atoms. The number of allylic oxidation sites excluding steroid dienone is 1. The van der Waals surface area contributed by atoms with Gasteiger partial charge in [0.05, 0.1) is 17.1 Å². The second kappa shape index (κ2) is 7.78. The van der Waals surface area contributed by atoms with Gasteiger partial charge in [-0.25, -0.2) is 0 Å². The van der Waals surface area contributed by atoms with E-state index < -0.39 is 58.7 Å². The molecule has 8 nitrogen and oxygen atoms in total. The van der Waals surface area contributed by atoms with Gasteiger partial charge in [0.1, 0.15) is 18.3 Å². The van der Waals surface area contributed by atoms with Gasteiger partial charge < -0.3 is 24.8 Å². The van der Waals surface area contributed by atoms with Gasteiger partial charge >= 0.3 is 11.9 Å². The first-order valence-electron chi connectivity index (χ1n) is 11.0. The van der Waals surface area contributed by atoms with E-state index in [9.17, 15) is 29.7 Å². The number of Topliss-reactive ketones (excluding diaryl/α,β-unsaturated/α-hetero) is 1. The fourth-order valence-electron chi connectivity index (χ4n) is 6.40. The molecule has 8 heteroatoms. The highest BCUT2D eigenvalue weighted by molar-refractivity contribution is 6.00. The summed E-state index contributed by atoms with van der Waals surface area (Å²) in [5, 5.41) is 33.8. The number of aliphatic hydroxyl groups is 3. The number of ketones is 1. The Morgan fingerprint density at radius 3 is 2.16 bits per heavy atom. The lowest BCUT2D eigenvalue weighted by atomic mass is 9.55. The molecule has 32 heavy (non-hydrogen) atoms. The number of aliphatic hydroxyl groups excluding tert-OH is 2. The fraction of sp³-hybridized carbons (Fsp3) is 0.708. The van der Waals surface area contributed by atoms with Crippen molar-refractivity contribution in [1.29, 1.82) is 0 Å². The smallest absolute Gasteiger partial charge is 0.303 e. The van der Waals surface area contributed by atoms with Crippen LogP contribution in [0.4, 0.5) is 0 Å². The molecule has 0 unspecified atom stereocenters. The molecule has 0 radical (unpaired) electrons. The molecular weight excluding hydrogens is 416 g/mol. The maximum atomic E-state index is 13.0. The van der Waals surface area contributed by atoms with E-state index in [0.717, 1.165) is 0 Å². The Balaban J connectivity index is 2.44. The minimum absolute atomic E-state index is 0.199. The molecule has 0 amide bonds. The van der Waals surface area contributed by atoms with Crippen molar-refractivity contribution >= 4 is 17.7 Å². The molecule has 3 N–H and O–H groups in total. The van der Waals surface area contributed by atoms with Gasteiger partial charge in [-0.1, -0.05) is 13.5 Å². The number of carbonyl (C=O) groups is 3. The zero-order valence-corrected chi connectivity index (χ0v) is 19.6. The summed E-state index contributed by atoms with van der Waals surface area (Å²) in [5.41, 5.74) is -3.28. The van der Waals surface area contributed by atoms with Crippen molar-refractivity contribution in [2.24, 2.45) is 16.7 Å². The molecule has 3 rings (SSSR count). The van der Waals surface area contributed by atoms with Gasteiger partial charge in [-0.05, 0) is 50.3 Å². The second-order valence-electron chi connectivity index (χ2n) is 10.3. The van der Waals surface area contributed by atoms with Crippen LogP contribution in [0, 0.1) is 16.7 Å². The molecule has 2 saturated carbocycles. The van der Waals surface area contributed by atoms with Crippen LogP contribution in [0.25, 0.3) is 0 Å². The Bertz CT molecular complexity index is 896. The Morgan fingerprint density at radius 2 is 1.66 bits per heavy atom. The number of fused-ring (bicyclic) bond motifs is 2. The third-order valence-electron chi connectivity index (χ3n) is 7.94. The van der Waals surface area contributed by atoms with Crippen molar-refractivity contribution in [1.82, 2.24) is 0 Å².